The second-order valence-corrected chi connectivity index (χ2v) is 5.36. The fraction of sp³-hybridized carbons (Fsp3) is 0.333. The number of benzene rings is 1. The Kier molecular flexibility index (Phi) is 6.07. The standard InChI is InChI=1S/C12H16BrN3OS/c1-8(2)15-11(17)7-14-12(18)16-10-5-3-4-9(13)6-10/h3-6,8H,7H2,1-2H3,(H,15,17)(H2,14,16,18). The van der Waals surface area contributed by atoms with E-state index in [4.69, 9.17) is 12.2 Å². The molecule has 0 radical (unpaired) electrons. The van der Waals surface area contributed by atoms with Gasteiger partial charge in [0.05, 0.1) is 6.54 Å². The maximum absolute atomic E-state index is 11.4. The van der Waals surface area contributed by atoms with Gasteiger partial charge in [-0.2, -0.15) is 0 Å². The topological polar surface area (TPSA) is 53.2 Å². The van der Waals surface area contributed by atoms with E-state index in [0.29, 0.717) is 5.11 Å². The molecule has 0 saturated carbocycles. The van der Waals surface area contributed by atoms with Crippen molar-refractivity contribution in [1.29, 1.82) is 0 Å². The van der Waals surface area contributed by atoms with E-state index in [2.05, 4.69) is 31.9 Å². The lowest BCUT2D eigenvalue weighted by Crippen LogP contribution is -2.41. The number of carbonyl (C=O) groups is 1. The second-order valence-electron chi connectivity index (χ2n) is 4.04. The van der Waals surface area contributed by atoms with E-state index < -0.39 is 0 Å². The number of halogens is 1. The Hall–Kier alpha value is -1.14. The molecule has 0 bridgehead atoms. The first kappa shape index (κ1) is 14.9. The molecule has 0 aromatic heterocycles. The summed E-state index contributed by atoms with van der Waals surface area (Å²) in [5.74, 6) is -0.0802. The summed E-state index contributed by atoms with van der Waals surface area (Å²) >= 11 is 8.47. The Balaban J connectivity index is 2.36. The van der Waals surface area contributed by atoms with Crippen LogP contribution in [-0.2, 0) is 4.79 Å². The molecular formula is C12H16BrN3OS. The lowest BCUT2D eigenvalue weighted by molar-refractivity contribution is -0.120. The maximum atomic E-state index is 11.4. The van der Waals surface area contributed by atoms with Crippen molar-refractivity contribution in [2.45, 2.75) is 19.9 Å². The van der Waals surface area contributed by atoms with Gasteiger partial charge in [0.1, 0.15) is 0 Å². The van der Waals surface area contributed by atoms with Crippen molar-refractivity contribution in [3.63, 3.8) is 0 Å². The minimum Gasteiger partial charge on any atom is -0.353 e. The third kappa shape index (κ3) is 5.97. The van der Waals surface area contributed by atoms with Crippen LogP contribution in [0, 0.1) is 0 Å². The fourth-order valence-electron chi connectivity index (χ4n) is 1.28. The Labute approximate surface area is 121 Å². The lowest BCUT2D eigenvalue weighted by atomic mass is 10.3. The van der Waals surface area contributed by atoms with Crippen LogP contribution in [0.1, 0.15) is 13.8 Å². The molecule has 1 amide bonds. The fourth-order valence-corrected chi connectivity index (χ4v) is 1.86. The molecule has 1 aromatic carbocycles. The first-order valence-corrected chi connectivity index (χ1v) is 6.77. The summed E-state index contributed by atoms with van der Waals surface area (Å²) in [4.78, 5) is 11.4. The first-order chi connectivity index (χ1) is 8.47. The minimum absolute atomic E-state index is 0.0802. The highest BCUT2D eigenvalue weighted by Crippen LogP contribution is 2.15. The van der Waals surface area contributed by atoms with E-state index in [1.165, 1.54) is 0 Å². The molecule has 0 fully saturated rings. The monoisotopic (exact) mass is 329 g/mol. The number of nitrogens with one attached hydrogen (secondary N) is 3. The molecule has 4 nitrogen and oxygen atoms in total. The van der Waals surface area contributed by atoms with E-state index in [1.54, 1.807) is 0 Å². The number of hydrogen-bond acceptors (Lipinski definition) is 2. The molecule has 1 aromatic rings. The maximum Gasteiger partial charge on any atom is 0.239 e. The highest BCUT2D eigenvalue weighted by Gasteiger charge is 2.04. The van der Waals surface area contributed by atoms with Crippen molar-refractivity contribution in [3.05, 3.63) is 28.7 Å². The zero-order chi connectivity index (χ0) is 13.5. The van der Waals surface area contributed by atoms with E-state index in [0.717, 1.165) is 10.2 Å². The summed E-state index contributed by atoms with van der Waals surface area (Å²) in [6, 6.07) is 7.76. The zero-order valence-electron chi connectivity index (χ0n) is 10.3. The van der Waals surface area contributed by atoms with Crippen LogP contribution in [0.5, 0.6) is 0 Å². The first-order valence-electron chi connectivity index (χ1n) is 5.57. The predicted molar refractivity (Wildman–Crippen MR) is 81.6 cm³/mol. The van der Waals surface area contributed by atoms with E-state index in [9.17, 15) is 4.79 Å². The average molecular weight is 330 g/mol. The smallest absolute Gasteiger partial charge is 0.239 e. The van der Waals surface area contributed by atoms with Crippen LogP contribution >= 0.6 is 28.1 Å². The minimum atomic E-state index is -0.0802. The number of anilines is 1. The van der Waals surface area contributed by atoms with Crippen molar-refractivity contribution < 1.29 is 4.79 Å². The van der Waals surface area contributed by atoms with Crippen molar-refractivity contribution in [1.82, 2.24) is 10.6 Å². The summed E-state index contributed by atoms with van der Waals surface area (Å²) in [6.07, 6.45) is 0. The molecule has 18 heavy (non-hydrogen) atoms. The molecule has 0 saturated heterocycles. The van der Waals surface area contributed by atoms with Crippen molar-refractivity contribution >= 4 is 44.9 Å². The Morgan fingerprint density at radius 1 is 1.44 bits per heavy atom. The van der Waals surface area contributed by atoms with Gasteiger partial charge in [-0.05, 0) is 44.3 Å². The Morgan fingerprint density at radius 3 is 2.78 bits per heavy atom. The molecule has 3 N–H and O–H groups in total. The average Bonchev–Trinajstić information content (AvgIpc) is 2.25. The van der Waals surface area contributed by atoms with Gasteiger partial charge in [0.25, 0.3) is 0 Å². The number of carbonyl (C=O) groups excluding carboxylic acids is 1. The second kappa shape index (κ2) is 7.33. The summed E-state index contributed by atoms with van der Waals surface area (Å²) < 4.78 is 0.966. The van der Waals surface area contributed by atoms with Crippen LogP contribution in [-0.4, -0.2) is 23.6 Å². The highest BCUT2D eigenvalue weighted by molar-refractivity contribution is 9.10. The molecule has 0 heterocycles. The van der Waals surface area contributed by atoms with Crippen LogP contribution in [0.15, 0.2) is 28.7 Å². The highest BCUT2D eigenvalue weighted by atomic mass is 79.9. The van der Waals surface area contributed by atoms with Gasteiger partial charge in [0.2, 0.25) is 5.91 Å². The van der Waals surface area contributed by atoms with Gasteiger partial charge >= 0.3 is 0 Å². The normalized spacial score (nSPS) is 10.0. The number of thiocarbonyl (C=S) groups is 1. The molecule has 0 aliphatic rings. The van der Waals surface area contributed by atoms with Gasteiger partial charge in [0, 0.05) is 16.2 Å². The summed E-state index contributed by atoms with van der Waals surface area (Å²) in [5.41, 5.74) is 0.867. The van der Waals surface area contributed by atoms with E-state index in [-0.39, 0.29) is 18.5 Å². The Morgan fingerprint density at radius 2 is 2.17 bits per heavy atom. The van der Waals surface area contributed by atoms with Crippen LogP contribution < -0.4 is 16.0 Å². The largest absolute Gasteiger partial charge is 0.353 e. The SMILES string of the molecule is CC(C)NC(=O)CNC(=S)Nc1cccc(Br)c1. The number of rotatable bonds is 4. The lowest BCUT2D eigenvalue weighted by Gasteiger charge is -2.12. The van der Waals surface area contributed by atoms with Gasteiger partial charge in [0.15, 0.2) is 5.11 Å². The van der Waals surface area contributed by atoms with Crippen LogP contribution in [0.2, 0.25) is 0 Å². The van der Waals surface area contributed by atoms with Gasteiger partial charge in [-0.3, -0.25) is 4.79 Å². The molecule has 0 unspecified atom stereocenters. The molecular weight excluding hydrogens is 314 g/mol. The van der Waals surface area contributed by atoms with Crippen LogP contribution in [0.4, 0.5) is 5.69 Å². The number of hydrogen-bond donors (Lipinski definition) is 3. The molecule has 98 valence electrons. The summed E-state index contributed by atoms with van der Waals surface area (Å²) in [5, 5.41) is 9.05. The summed E-state index contributed by atoms with van der Waals surface area (Å²) in [6.45, 7) is 3.99. The summed E-state index contributed by atoms with van der Waals surface area (Å²) in [7, 11) is 0. The Bertz CT molecular complexity index is 437. The van der Waals surface area contributed by atoms with E-state index in [1.807, 2.05) is 38.1 Å². The third-order valence-corrected chi connectivity index (χ3v) is 2.68. The van der Waals surface area contributed by atoms with Crippen LogP contribution in [0.25, 0.3) is 0 Å². The molecule has 0 aliphatic heterocycles. The quantitative estimate of drug-likeness (QED) is 0.742. The molecule has 1 rings (SSSR count). The van der Waals surface area contributed by atoms with Gasteiger partial charge in [-0.25, -0.2) is 0 Å². The van der Waals surface area contributed by atoms with Gasteiger partial charge < -0.3 is 16.0 Å². The molecule has 6 heteroatoms. The molecule has 0 atom stereocenters. The van der Waals surface area contributed by atoms with Crippen molar-refractivity contribution in [2.24, 2.45) is 0 Å². The van der Waals surface area contributed by atoms with E-state index >= 15 is 0 Å². The van der Waals surface area contributed by atoms with Crippen molar-refractivity contribution in [2.75, 3.05) is 11.9 Å². The van der Waals surface area contributed by atoms with Gasteiger partial charge in [-0.15, -0.1) is 0 Å². The van der Waals surface area contributed by atoms with Crippen LogP contribution in [0.3, 0.4) is 0 Å². The zero-order valence-corrected chi connectivity index (χ0v) is 12.7. The number of amides is 1. The molecule has 0 aliphatic carbocycles. The third-order valence-electron chi connectivity index (χ3n) is 1.94. The van der Waals surface area contributed by atoms with Crippen molar-refractivity contribution in [3.8, 4) is 0 Å². The van der Waals surface area contributed by atoms with Gasteiger partial charge in [-0.1, -0.05) is 22.0 Å². The predicted octanol–water partition coefficient (Wildman–Crippen LogP) is 2.26. The molecule has 0 spiro atoms.